The fraction of sp³-hybridized carbons (Fsp3) is 0.258. The van der Waals surface area contributed by atoms with Gasteiger partial charge in [-0.1, -0.05) is 42.5 Å². The van der Waals surface area contributed by atoms with Crippen LogP contribution in [-0.2, 0) is 14.8 Å². The molecule has 7 heteroatoms. The van der Waals surface area contributed by atoms with E-state index in [9.17, 15) is 13.2 Å². The van der Waals surface area contributed by atoms with E-state index < -0.39 is 21.6 Å². The van der Waals surface area contributed by atoms with Crippen LogP contribution in [0.15, 0.2) is 70.0 Å². The van der Waals surface area contributed by atoms with Crippen molar-refractivity contribution in [2.75, 3.05) is 4.72 Å². The first-order valence-corrected chi connectivity index (χ1v) is 14.6. The monoisotopic (exact) mass is 593 g/mol. The second-order valence-electron chi connectivity index (χ2n) is 10.6. The van der Waals surface area contributed by atoms with Gasteiger partial charge in [-0.2, -0.15) is 0 Å². The molecule has 4 aromatic carbocycles. The van der Waals surface area contributed by atoms with Crippen LogP contribution in [0.2, 0.25) is 0 Å². The summed E-state index contributed by atoms with van der Waals surface area (Å²) < 4.78 is 36.5. The Kier molecular flexibility index (Phi) is 7.47. The summed E-state index contributed by atoms with van der Waals surface area (Å²) in [6.07, 6.45) is 0. The number of carbonyl (C=O) groups is 1. The number of hydrogen-bond acceptors (Lipinski definition) is 4. The number of fused-ring (bicyclic) bond motifs is 1. The maximum Gasteiger partial charge on any atom is 0.338 e. The molecule has 0 fully saturated rings. The molecule has 0 aliphatic carbocycles. The van der Waals surface area contributed by atoms with Gasteiger partial charge in [0.2, 0.25) is 0 Å². The minimum atomic E-state index is -3.89. The lowest BCUT2D eigenvalue weighted by Crippen LogP contribution is -2.23. The molecule has 0 aliphatic rings. The van der Waals surface area contributed by atoms with Crippen LogP contribution in [0, 0.1) is 27.7 Å². The molecule has 0 aromatic heterocycles. The minimum absolute atomic E-state index is 0.306. The number of esters is 1. The van der Waals surface area contributed by atoms with Gasteiger partial charge in [-0.15, -0.1) is 0 Å². The standard InChI is InChI=1S/C31H32BrNO4S/c1-18-15-19(2)21(4)29(20(18)3)38(35,36)33-28-25-14-9-8-13-24(25)26(17-27(28)32)22-11-10-12-23(16-22)30(34)37-31(5,6)7/h8-17,33H,1-7H3. The molecule has 198 valence electrons. The number of nitrogens with one attached hydrogen (secondary N) is 1. The van der Waals surface area contributed by atoms with E-state index in [0.717, 1.165) is 44.2 Å². The van der Waals surface area contributed by atoms with Gasteiger partial charge in [-0.3, -0.25) is 4.72 Å². The lowest BCUT2D eigenvalue weighted by Gasteiger charge is -2.20. The van der Waals surface area contributed by atoms with Crippen molar-refractivity contribution < 1.29 is 17.9 Å². The quantitative estimate of drug-likeness (QED) is 0.236. The number of aryl methyl sites for hydroxylation is 2. The average Bonchev–Trinajstić information content (AvgIpc) is 2.83. The maximum atomic E-state index is 13.7. The first-order valence-electron chi connectivity index (χ1n) is 12.3. The molecule has 0 bridgehead atoms. The minimum Gasteiger partial charge on any atom is -0.456 e. The number of halogens is 1. The van der Waals surface area contributed by atoms with Gasteiger partial charge in [0, 0.05) is 9.86 Å². The summed E-state index contributed by atoms with van der Waals surface area (Å²) in [5.41, 5.74) is 5.31. The topological polar surface area (TPSA) is 72.5 Å². The molecule has 0 aliphatic heterocycles. The molecule has 38 heavy (non-hydrogen) atoms. The molecule has 4 aromatic rings. The average molecular weight is 595 g/mol. The normalized spacial score (nSPS) is 12.0. The fourth-order valence-electron chi connectivity index (χ4n) is 4.60. The Morgan fingerprint density at radius 1 is 0.842 bits per heavy atom. The lowest BCUT2D eigenvalue weighted by molar-refractivity contribution is 0.00695. The molecule has 0 saturated carbocycles. The van der Waals surface area contributed by atoms with Crippen LogP contribution in [0.25, 0.3) is 21.9 Å². The largest absolute Gasteiger partial charge is 0.456 e. The molecule has 1 N–H and O–H groups in total. The van der Waals surface area contributed by atoms with Crippen LogP contribution in [0.4, 0.5) is 5.69 Å². The van der Waals surface area contributed by atoms with E-state index in [2.05, 4.69) is 20.7 Å². The maximum absolute atomic E-state index is 13.7. The molecule has 0 unspecified atom stereocenters. The van der Waals surface area contributed by atoms with Crippen LogP contribution in [0.3, 0.4) is 0 Å². The Balaban J connectivity index is 1.85. The number of sulfonamides is 1. The Hall–Kier alpha value is -3.16. The molecule has 0 radical (unpaired) electrons. The zero-order valence-electron chi connectivity index (χ0n) is 22.7. The van der Waals surface area contributed by atoms with Gasteiger partial charge in [0.25, 0.3) is 10.0 Å². The summed E-state index contributed by atoms with van der Waals surface area (Å²) in [6.45, 7) is 13.0. The van der Waals surface area contributed by atoms with Crippen LogP contribution >= 0.6 is 15.9 Å². The van der Waals surface area contributed by atoms with E-state index in [1.807, 2.05) is 97.0 Å². The fourth-order valence-corrected chi connectivity index (χ4v) is 7.00. The molecule has 0 heterocycles. The van der Waals surface area contributed by atoms with Gasteiger partial charge >= 0.3 is 5.97 Å². The second-order valence-corrected chi connectivity index (χ2v) is 13.1. The van der Waals surface area contributed by atoms with Crippen molar-refractivity contribution in [3.05, 3.63) is 93.0 Å². The van der Waals surface area contributed by atoms with Crippen LogP contribution in [0.1, 0.15) is 53.4 Å². The van der Waals surface area contributed by atoms with Crippen molar-refractivity contribution in [1.29, 1.82) is 0 Å². The summed E-state index contributed by atoms with van der Waals surface area (Å²) in [4.78, 5) is 13.0. The van der Waals surface area contributed by atoms with Crippen molar-refractivity contribution in [1.82, 2.24) is 0 Å². The Bertz CT molecular complexity index is 1660. The van der Waals surface area contributed by atoms with Gasteiger partial charge in [0.15, 0.2) is 0 Å². The van der Waals surface area contributed by atoms with E-state index in [1.165, 1.54) is 0 Å². The highest BCUT2D eigenvalue weighted by molar-refractivity contribution is 9.10. The summed E-state index contributed by atoms with van der Waals surface area (Å²) in [7, 11) is -3.89. The second kappa shape index (κ2) is 10.2. The highest BCUT2D eigenvalue weighted by Crippen LogP contribution is 2.40. The molecular formula is C31H32BrNO4S. The summed E-state index contributed by atoms with van der Waals surface area (Å²) in [5, 5.41) is 1.59. The number of anilines is 1. The Labute approximate surface area is 233 Å². The number of hydrogen-bond donors (Lipinski definition) is 1. The molecule has 0 amide bonds. The van der Waals surface area contributed by atoms with Crippen molar-refractivity contribution in [2.24, 2.45) is 0 Å². The van der Waals surface area contributed by atoms with Crippen molar-refractivity contribution >= 4 is 48.4 Å². The van der Waals surface area contributed by atoms with E-state index in [0.29, 0.717) is 20.6 Å². The SMILES string of the molecule is Cc1cc(C)c(C)c(S(=O)(=O)Nc2c(Br)cc(-c3cccc(C(=O)OC(C)(C)C)c3)c3ccccc23)c1C. The molecular weight excluding hydrogens is 562 g/mol. The lowest BCUT2D eigenvalue weighted by atomic mass is 9.96. The van der Waals surface area contributed by atoms with Gasteiger partial charge in [-0.05, 0) is 121 Å². The van der Waals surface area contributed by atoms with Crippen LogP contribution < -0.4 is 4.72 Å². The molecule has 4 rings (SSSR count). The van der Waals surface area contributed by atoms with Crippen molar-refractivity contribution in [2.45, 2.75) is 59.0 Å². The van der Waals surface area contributed by atoms with E-state index in [1.54, 1.807) is 12.1 Å². The molecule has 5 nitrogen and oxygen atoms in total. The smallest absolute Gasteiger partial charge is 0.338 e. The number of carbonyl (C=O) groups excluding carboxylic acids is 1. The van der Waals surface area contributed by atoms with E-state index in [4.69, 9.17) is 4.74 Å². The molecule has 0 atom stereocenters. The van der Waals surface area contributed by atoms with E-state index in [-0.39, 0.29) is 0 Å². The van der Waals surface area contributed by atoms with Gasteiger partial charge in [-0.25, -0.2) is 13.2 Å². The summed E-state index contributed by atoms with van der Waals surface area (Å²) in [6, 6.07) is 18.8. The zero-order valence-corrected chi connectivity index (χ0v) is 25.1. The van der Waals surface area contributed by atoms with Crippen LogP contribution in [0.5, 0.6) is 0 Å². The highest BCUT2D eigenvalue weighted by atomic mass is 79.9. The van der Waals surface area contributed by atoms with Crippen molar-refractivity contribution in [3.63, 3.8) is 0 Å². The first-order chi connectivity index (χ1) is 17.7. The number of ether oxygens (including phenoxy) is 1. The highest BCUT2D eigenvalue weighted by Gasteiger charge is 2.25. The summed E-state index contributed by atoms with van der Waals surface area (Å²) >= 11 is 3.63. The Morgan fingerprint density at radius 2 is 1.45 bits per heavy atom. The van der Waals surface area contributed by atoms with Crippen LogP contribution in [-0.4, -0.2) is 20.0 Å². The third-order valence-corrected chi connectivity index (χ3v) is 8.86. The zero-order chi connectivity index (χ0) is 28.0. The van der Waals surface area contributed by atoms with E-state index >= 15 is 0 Å². The predicted molar refractivity (Wildman–Crippen MR) is 158 cm³/mol. The predicted octanol–water partition coefficient (Wildman–Crippen LogP) is 8.26. The first kappa shape index (κ1) is 27.9. The third kappa shape index (κ3) is 5.49. The third-order valence-electron chi connectivity index (χ3n) is 6.61. The molecule has 0 saturated heterocycles. The summed E-state index contributed by atoms with van der Waals surface area (Å²) in [5.74, 6) is -0.397. The molecule has 0 spiro atoms. The number of rotatable bonds is 5. The van der Waals surface area contributed by atoms with Crippen molar-refractivity contribution in [3.8, 4) is 11.1 Å². The Morgan fingerprint density at radius 3 is 2.05 bits per heavy atom. The number of benzene rings is 4. The van der Waals surface area contributed by atoms with Gasteiger partial charge < -0.3 is 4.74 Å². The van der Waals surface area contributed by atoms with Gasteiger partial charge in [0.1, 0.15) is 5.60 Å². The van der Waals surface area contributed by atoms with Gasteiger partial charge in [0.05, 0.1) is 16.1 Å².